The van der Waals surface area contributed by atoms with Gasteiger partial charge in [-0.05, 0) is 36.4 Å². The Morgan fingerprint density at radius 2 is 1.54 bits per heavy atom. The van der Waals surface area contributed by atoms with Crippen molar-refractivity contribution >= 4 is 39.9 Å². The number of rotatable bonds is 2. The molecule has 1 heterocycles. The lowest BCUT2D eigenvalue weighted by molar-refractivity contribution is 0.475. The average molecular weight is 382 g/mol. The standard InChI is InChI=1S/C21H13Cl2NO2/c22-14-8-15(23)10-16(9-14)24-19-12-21(13-4-2-1-3-5-13)26-20-7-6-17(25)11-18(19)20/h1-12,25H. The van der Waals surface area contributed by atoms with Crippen molar-refractivity contribution in [2.45, 2.75) is 0 Å². The van der Waals surface area contributed by atoms with Crippen LogP contribution in [0.1, 0.15) is 0 Å². The monoisotopic (exact) mass is 381 g/mol. The second-order valence-electron chi connectivity index (χ2n) is 5.78. The molecule has 0 spiro atoms. The van der Waals surface area contributed by atoms with Crippen LogP contribution in [-0.4, -0.2) is 5.11 Å². The van der Waals surface area contributed by atoms with Crippen LogP contribution in [0.5, 0.6) is 5.75 Å². The van der Waals surface area contributed by atoms with Gasteiger partial charge in [0.15, 0.2) is 0 Å². The summed E-state index contributed by atoms with van der Waals surface area (Å²) >= 11 is 12.2. The number of hydrogen-bond acceptors (Lipinski definition) is 3. The SMILES string of the molecule is Oc1ccc2oc(-c3ccccc3)cc(=Nc3cc(Cl)cc(Cl)c3)c2c1. The van der Waals surface area contributed by atoms with Gasteiger partial charge in [-0.1, -0.05) is 53.5 Å². The lowest BCUT2D eigenvalue weighted by Crippen LogP contribution is -2.03. The molecule has 0 radical (unpaired) electrons. The summed E-state index contributed by atoms with van der Waals surface area (Å²) < 4.78 is 6.01. The van der Waals surface area contributed by atoms with Crippen molar-refractivity contribution in [1.82, 2.24) is 0 Å². The lowest BCUT2D eigenvalue weighted by Gasteiger charge is -2.06. The lowest BCUT2D eigenvalue weighted by atomic mass is 10.1. The van der Waals surface area contributed by atoms with E-state index in [-0.39, 0.29) is 5.75 Å². The van der Waals surface area contributed by atoms with Crippen molar-refractivity contribution in [3.05, 3.63) is 88.2 Å². The molecule has 3 aromatic carbocycles. The third kappa shape index (κ3) is 3.45. The van der Waals surface area contributed by atoms with Crippen molar-refractivity contribution in [3.63, 3.8) is 0 Å². The number of phenolic OH excluding ortho intramolecular Hbond substituents is 1. The number of halogens is 2. The second-order valence-corrected chi connectivity index (χ2v) is 6.65. The summed E-state index contributed by atoms with van der Waals surface area (Å²) in [7, 11) is 0. The van der Waals surface area contributed by atoms with E-state index in [1.165, 1.54) is 0 Å². The van der Waals surface area contributed by atoms with Gasteiger partial charge in [-0.15, -0.1) is 0 Å². The number of phenols is 1. The van der Waals surface area contributed by atoms with Gasteiger partial charge >= 0.3 is 0 Å². The minimum Gasteiger partial charge on any atom is -0.508 e. The molecule has 128 valence electrons. The molecule has 0 aliphatic carbocycles. The third-order valence-electron chi connectivity index (χ3n) is 3.88. The zero-order valence-corrected chi connectivity index (χ0v) is 15.0. The summed E-state index contributed by atoms with van der Waals surface area (Å²) in [6, 6.07) is 21.6. The Bertz CT molecular complexity index is 1150. The molecule has 0 amide bonds. The zero-order valence-electron chi connectivity index (χ0n) is 13.5. The van der Waals surface area contributed by atoms with Crippen molar-refractivity contribution in [2.75, 3.05) is 0 Å². The van der Waals surface area contributed by atoms with Gasteiger partial charge in [0.1, 0.15) is 17.1 Å². The van der Waals surface area contributed by atoms with E-state index in [9.17, 15) is 5.11 Å². The van der Waals surface area contributed by atoms with Gasteiger partial charge in [0, 0.05) is 27.1 Å². The summed E-state index contributed by atoms with van der Waals surface area (Å²) in [5.74, 6) is 0.816. The third-order valence-corrected chi connectivity index (χ3v) is 4.32. The van der Waals surface area contributed by atoms with Gasteiger partial charge in [0.2, 0.25) is 0 Å². The van der Waals surface area contributed by atoms with Crippen LogP contribution in [0.4, 0.5) is 5.69 Å². The fourth-order valence-electron chi connectivity index (χ4n) is 2.74. The van der Waals surface area contributed by atoms with Crippen LogP contribution in [-0.2, 0) is 0 Å². The summed E-state index contributed by atoms with van der Waals surface area (Å²) in [6.07, 6.45) is 0. The summed E-state index contributed by atoms with van der Waals surface area (Å²) in [5.41, 5.74) is 2.18. The van der Waals surface area contributed by atoms with E-state index < -0.39 is 0 Å². The van der Waals surface area contributed by atoms with Crippen molar-refractivity contribution in [1.29, 1.82) is 0 Å². The maximum atomic E-state index is 9.87. The summed E-state index contributed by atoms with van der Waals surface area (Å²) in [4.78, 5) is 4.68. The van der Waals surface area contributed by atoms with E-state index in [0.29, 0.717) is 37.8 Å². The van der Waals surface area contributed by atoms with Crippen LogP contribution in [0.15, 0.2) is 82.2 Å². The highest BCUT2D eigenvalue weighted by atomic mass is 35.5. The highest BCUT2D eigenvalue weighted by molar-refractivity contribution is 6.35. The molecule has 3 nitrogen and oxygen atoms in total. The quantitative estimate of drug-likeness (QED) is 0.439. The molecule has 4 rings (SSSR count). The second kappa shape index (κ2) is 6.87. The molecule has 1 aromatic heterocycles. The first-order valence-corrected chi connectivity index (χ1v) is 8.67. The highest BCUT2D eigenvalue weighted by Gasteiger charge is 2.07. The van der Waals surface area contributed by atoms with Gasteiger partial charge in [-0.25, -0.2) is 4.99 Å². The Morgan fingerprint density at radius 3 is 2.27 bits per heavy atom. The minimum absolute atomic E-state index is 0.140. The number of benzene rings is 3. The van der Waals surface area contributed by atoms with Crippen LogP contribution in [0, 0.1) is 0 Å². The Kier molecular flexibility index (Phi) is 4.41. The number of fused-ring (bicyclic) bond motifs is 1. The van der Waals surface area contributed by atoms with Crippen LogP contribution in [0.25, 0.3) is 22.3 Å². The molecule has 4 aromatic rings. The fraction of sp³-hybridized carbons (Fsp3) is 0. The summed E-state index contributed by atoms with van der Waals surface area (Å²) in [6.45, 7) is 0. The van der Waals surface area contributed by atoms with E-state index >= 15 is 0 Å². The maximum Gasteiger partial charge on any atom is 0.137 e. The van der Waals surface area contributed by atoms with Crippen LogP contribution in [0.2, 0.25) is 10.0 Å². The molecule has 0 saturated carbocycles. The first kappa shape index (κ1) is 16.7. The number of aromatic hydroxyl groups is 1. The molecule has 0 aliphatic heterocycles. The molecule has 5 heteroatoms. The van der Waals surface area contributed by atoms with E-state index in [2.05, 4.69) is 4.99 Å². The van der Waals surface area contributed by atoms with Gasteiger partial charge in [0.25, 0.3) is 0 Å². The molecule has 26 heavy (non-hydrogen) atoms. The van der Waals surface area contributed by atoms with E-state index in [1.807, 2.05) is 36.4 Å². The fourth-order valence-corrected chi connectivity index (χ4v) is 3.25. The number of hydrogen-bond donors (Lipinski definition) is 1. The molecule has 0 atom stereocenters. The van der Waals surface area contributed by atoms with Crippen molar-refractivity contribution in [3.8, 4) is 17.1 Å². The predicted molar refractivity (Wildman–Crippen MR) is 105 cm³/mol. The van der Waals surface area contributed by atoms with Crippen molar-refractivity contribution < 1.29 is 9.52 Å². The molecule has 1 N–H and O–H groups in total. The molecule has 0 saturated heterocycles. The Labute approximate surface area is 159 Å². The topological polar surface area (TPSA) is 45.7 Å². The molecule has 0 aliphatic rings. The smallest absolute Gasteiger partial charge is 0.137 e. The molecule has 0 bridgehead atoms. The Balaban J connectivity index is 2.02. The summed E-state index contributed by atoms with van der Waals surface area (Å²) in [5, 5.41) is 12.2. The Hall–Kier alpha value is -2.75. The largest absolute Gasteiger partial charge is 0.508 e. The highest BCUT2D eigenvalue weighted by Crippen LogP contribution is 2.27. The molecule has 0 unspecified atom stereocenters. The zero-order chi connectivity index (χ0) is 18.1. The van der Waals surface area contributed by atoms with E-state index in [1.54, 1.807) is 36.4 Å². The van der Waals surface area contributed by atoms with E-state index in [0.717, 1.165) is 5.56 Å². The molecule has 0 fully saturated rings. The normalized spacial score (nSPS) is 11.8. The first-order valence-electron chi connectivity index (χ1n) is 7.92. The van der Waals surface area contributed by atoms with Crippen LogP contribution in [0.3, 0.4) is 0 Å². The minimum atomic E-state index is 0.140. The van der Waals surface area contributed by atoms with E-state index in [4.69, 9.17) is 27.6 Å². The van der Waals surface area contributed by atoms with Gasteiger partial charge in [-0.2, -0.15) is 0 Å². The van der Waals surface area contributed by atoms with Crippen LogP contribution >= 0.6 is 23.2 Å². The van der Waals surface area contributed by atoms with Crippen molar-refractivity contribution in [2.24, 2.45) is 4.99 Å². The van der Waals surface area contributed by atoms with Gasteiger partial charge in [-0.3, -0.25) is 0 Å². The van der Waals surface area contributed by atoms with Gasteiger partial charge in [0.05, 0.1) is 11.0 Å². The van der Waals surface area contributed by atoms with Gasteiger partial charge < -0.3 is 9.52 Å². The van der Waals surface area contributed by atoms with Crippen LogP contribution < -0.4 is 5.36 Å². The molecular formula is C21H13Cl2NO2. The average Bonchev–Trinajstić information content (AvgIpc) is 2.62. The molecular weight excluding hydrogens is 369 g/mol. The maximum absolute atomic E-state index is 9.87. The predicted octanol–water partition coefficient (Wildman–Crippen LogP) is 6.34. The number of nitrogens with zero attached hydrogens (tertiary/aromatic N) is 1. The Morgan fingerprint density at radius 1 is 0.808 bits per heavy atom. The first-order chi connectivity index (χ1) is 12.6.